The van der Waals surface area contributed by atoms with Gasteiger partial charge in [-0.05, 0) is 66.7 Å². The van der Waals surface area contributed by atoms with Crippen molar-refractivity contribution in [2.24, 2.45) is 5.73 Å². The minimum atomic E-state index is 0.377. The number of halogens is 1. The minimum Gasteiger partial charge on any atom is -0.369 e. The molecule has 1 fully saturated rings. The third-order valence-electron chi connectivity index (χ3n) is 3.93. The van der Waals surface area contributed by atoms with Crippen LogP contribution in [0.25, 0.3) is 0 Å². The number of nitrogens with two attached hydrogens (primary N) is 1. The van der Waals surface area contributed by atoms with Gasteiger partial charge in [-0.2, -0.15) is 5.26 Å². The fraction of sp³-hybridized carbons (Fsp3) is 0.533. The van der Waals surface area contributed by atoms with E-state index in [4.69, 9.17) is 11.0 Å². The number of anilines is 1. The van der Waals surface area contributed by atoms with Crippen molar-refractivity contribution in [3.8, 4) is 6.07 Å². The molecule has 102 valence electrons. The van der Waals surface area contributed by atoms with E-state index in [1.54, 1.807) is 0 Å². The van der Waals surface area contributed by atoms with E-state index in [9.17, 15) is 0 Å². The molecule has 0 radical (unpaired) electrons. The first-order valence-electron chi connectivity index (χ1n) is 6.87. The molecule has 1 aromatic carbocycles. The van der Waals surface area contributed by atoms with Gasteiger partial charge in [0.2, 0.25) is 0 Å². The average Bonchev–Trinajstić information content (AvgIpc) is 2.42. The topological polar surface area (TPSA) is 53.0 Å². The second-order valence-corrected chi connectivity index (χ2v) is 5.98. The maximum Gasteiger partial charge on any atom is 0.100 e. The molecular formula is C15H20BrN3. The molecule has 0 heterocycles. The highest BCUT2D eigenvalue weighted by Crippen LogP contribution is 2.29. The van der Waals surface area contributed by atoms with Gasteiger partial charge in [-0.1, -0.05) is 0 Å². The lowest BCUT2D eigenvalue weighted by Crippen LogP contribution is -2.40. The monoisotopic (exact) mass is 321 g/mol. The predicted molar refractivity (Wildman–Crippen MR) is 82.1 cm³/mol. The summed E-state index contributed by atoms with van der Waals surface area (Å²) in [5.74, 6) is 0. The van der Waals surface area contributed by atoms with E-state index in [1.165, 1.54) is 5.69 Å². The molecule has 1 saturated carbocycles. The molecule has 0 atom stereocenters. The number of hydrogen-bond donors (Lipinski definition) is 1. The third kappa shape index (κ3) is 3.29. The van der Waals surface area contributed by atoms with E-state index in [2.05, 4.69) is 39.9 Å². The number of nitrogens with zero attached hydrogens (tertiary/aromatic N) is 2. The summed E-state index contributed by atoms with van der Waals surface area (Å²) in [7, 11) is 0. The van der Waals surface area contributed by atoms with Crippen molar-refractivity contribution in [2.45, 2.75) is 44.7 Å². The van der Waals surface area contributed by atoms with Gasteiger partial charge in [0, 0.05) is 28.8 Å². The molecule has 0 spiro atoms. The van der Waals surface area contributed by atoms with Crippen LogP contribution in [0.15, 0.2) is 22.7 Å². The van der Waals surface area contributed by atoms with E-state index in [0.717, 1.165) is 36.7 Å². The van der Waals surface area contributed by atoms with Crippen LogP contribution in [-0.4, -0.2) is 18.6 Å². The molecule has 0 aromatic heterocycles. The summed E-state index contributed by atoms with van der Waals surface area (Å²) in [5, 5.41) is 8.98. The molecule has 0 aliphatic heterocycles. The quantitative estimate of drug-likeness (QED) is 0.928. The largest absolute Gasteiger partial charge is 0.369 e. The Labute approximate surface area is 123 Å². The third-order valence-corrected chi connectivity index (χ3v) is 4.58. The molecule has 1 aliphatic carbocycles. The highest BCUT2D eigenvalue weighted by molar-refractivity contribution is 9.10. The van der Waals surface area contributed by atoms with Crippen LogP contribution in [0.3, 0.4) is 0 Å². The standard InChI is InChI=1S/C15H20BrN3/c1-2-19(13-7-4-12(18)5-8-13)14-6-3-11(10-17)15(16)9-14/h3,6,9,12-13H,2,4-5,7-8,18H2,1H3. The average molecular weight is 322 g/mol. The first-order valence-corrected chi connectivity index (χ1v) is 7.67. The molecule has 4 heteroatoms. The van der Waals surface area contributed by atoms with E-state index in [-0.39, 0.29) is 0 Å². The van der Waals surface area contributed by atoms with Crippen LogP contribution in [0.4, 0.5) is 5.69 Å². The summed E-state index contributed by atoms with van der Waals surface area (Å²) in [6.45, 7) is 3.17. The van der Waals surface area contributed by atoms with E-state index in [1.807, 2.05) is 12.1 Å². The van der Waals surface area contributed by atoms with Crippen molar-refractivity contribution in [3.05, 3.63) is 28.2 Å². The SMILES string of the molecule is CCN(c1ccc(C#N)c(Br)c1)C1CCC(N)CC1. The number of nitriles is 1. The van der Waals surface area contributed by atoms with Crippen LogP contribution in [-0.2, 0) is 0 Å². The van der Waals surface area contributed by atoms with E-state index >= 15 is 0 Å². The Hall–Kier alpha value is -1.05. The molecule has 1 aliphatic rings. The molecule has 1 aromatic rings. The van der Waals surface area contributed by atoms with E-state index < -0.39 is 0 Å². The minimum absolute atomic E-state index is 0.377. The molecule has 0 bridgehead atoms. The lowest BCUT2D eigenvalue weighted by Gasteiger charge is -2.37. The second kappa shape index (κ2) is 6.40. The Balaban J connectivity index is 2.18. The van der Waals surface area contributed by atoms with Crippen LogP contribution in [0.1, 0.15) is 38.2 Å². The Morgan fingerprint density at radius 1 is 1.37 bits per heavy atom. The number of benzene rings is 1. The van der Waals surface area contributed by atoms with Gasteiger partial charge in [0.25, 0.3) is 0 Å². The Morgan fingerprint density at radius 2 is 2.05 bits per heavy atom. The first kappa shape index (κ1) is 14.4. The van der Waals surface area contributed by atoms with E-state index in [0.29, 0.717) is 17.6 Å². The van der Waals surface area contributed by atoms with Gasteiger partial charge < -0.3 is 10.6 Å². The lowest BCUT2D eigenvalue weighted by atomic mass is 9.90. The normalized spacial score (nSPS) is 22.8. The van der Waals surface area contributed by atoms with Crippen molar-refractivity contribution in [1.82, 2.24) is 0 Å². The van der Waals surface area contributed by atoms with Gasteiger partial charge in [-0.25, -0.2) is 0 Å². The number of rotatable bonds is 3. The fourth-order valence-corrected chi connectivity index (χ4v) is 3.29. The van der Waals surface area contributed by atoms with Crippen LogP contribution in [0.5, 0.6) is 0 Å². The van der Waals surface area contributed by atoms with Crippen LogP contribution < -0.4 is 10.6 Å². The maximum atomic E-state index is 8.98. The summed E-state index contributed by atoms with van der Waals surface area (Å²) < 4.78 is 0.874. The molecule has 19 heavy (non-hydrogen) atoms. The molecule has 0 saturated heterocycles. The van der Waals surface area contributed by atoms with Crippen LogP contribution >= 0.6 is 15.9 Å². The lowest BCUT2D eigenvalue weighted by molar-refractivity contribution is 0.378. The van der Waals surface area contributed by atoms with Crippen molar-refractivity contribution in [1.29, 1.82) is 5.26 Å². The zero-order chi connectivity index (χ0) is 13.8. The van der Waals surface area contributed by atoms with Crippen molar-refractivity contribution in [2.75, 3.05) is 11.4 Å². The summed E-state index contributed by atoms with van der Waals surface area (Å²) in [6.07, 6.45) is 4.54. The smallest absolute Gasteiger partial charge is 0.100 e. The van der Waals surface area contributed by atoms with Gasteiger partial charge in [-0.15, -0.1) is 0 Å². The molecular weight excluding hydrogens is 302 g/mol. The molecule has 0 unspecified atom stereocenters. The number of hydrogen-bond acceptors (Lipinski definition) is 3. The van der Waals surface area contributed by atoms with Gasteiger partial charge in [-0.3, -0.25) is 0 Å². The van der Waals surface area contributed by atoms with Gasteiger partial charge in [0.05, 0.1) is 5.56 Å². The van der Waals surface area contributed by atoms with Crippen LogP contribution in [0.2, 0.25) is 0 Å². The van der Waals surface area contributed by atoms with Gasteiger partial charge in [0.15, 0.2) is 0 Å². The summed E-state index contributed by atoms with van der Waals surface area (Å²) >= 11 is 3.47. The maximum absolute atomic E-state index is 8.98. The second-order valence-electron chi connectivity index (χ2n) is 5.13. The summed E-state index contributed by atoms with van der Waals surface area (Å²) in [5.41, 5.74) is 7.85. The highest BCUT2D eigenvalue weighted by atomic mass is 79.9. The predicted octanol–water partition coefficient (Wildman–Crippen LogP) is 3.42. The van der Waals surface area contributed by atoms with Crippen molar-refractivity contribution in [3.63, 3.8) is 0 Å². The van der Waals surface area contributed by atoms with Crippen molar-refractivity contribution >= 4 is 21.6 Å². The van der Waals surface area contributed by atoms with Crippen LogP contribution in [0, 0.1) is 11.3 Å². The fourth-order valence-electron chi connectivity index (χ4n) is 2.84. The zero-order valence-corrected chi connectivity index (χ0v) is 12.9. The molecule has 0 amide bonds. The van der Waals surface area contributed by atoms with Gasteiger partial charge in [0.1, 0.15) is 6.07 Å². The highest BCUT2D eigenvalue weighted by Gasteiger charge is 2.23. The molecule has 2 N–H and O–H groups in total. The van der Waals surface area contributed by atoms with Gasteiger partial charge >= 0.3 is 0 Å². The summed E-state index contributed by atoms with van der Waals surface area (Å²) in [6, 6.07) is 9.11. The zero-order valence-electron chi connectivity index (χ0n) is 11.3. The van der Waals surface area contributed by atoms with Crippen molar-refractivity contribution < 1.29 is 0 Å². The first-order chi connectivity index (χ1) is 9.15. The Bertz CT molecular complexity index is 473. The molecule has 2 rings (SSSR count). The molecule has 3 nitrogen and oxygen atoms in total. The summed E-state index contributed by atoms with van der Waals surface area (Å²) in [4.78, 5) is 2.43. The Kier molecular flexibility index (Phi) is 4.84. The Morgan fingerprint density at radius 3 is 2.58 bits per heavy atom.